The smallest absolute Gasteiger partial charge is 0.399 e. The van der Waals surface area contributed by atoms with Crippen molar-refractivity contribution >= 4 is 39.3 Å². The summed E-state index contributed by atoms with van der Waals surface area (Å²) >= 11 is 0. The van der Waals surface area contributed by atoms with E-state index in [2.05, 4.69) is 4.98 Å². The van der Waals surface area contributed by atoms with Crippen LogP contribution in [0.15, 0.2) is 47.6 Å². The highest BCUT2D eigenvalue weighted by atomic mass is 32.2. The number of hydrogen-bond acceptors (Lipinski definition) is 7. The van der Waals surface area contributed by atoms with Gasteiger partial charge in [0.05, 0.1) is 21.0 Å². The van der Waals surface area contributed by atoms with Gasteiger partial charge in [0.15, 0.2) is 5.65 Å². The molecule has 31 heavy (non-hydrogen) atoms. The summed E-state index contributed by atoms with van der Waals surface area (Å²) in [4.78, 5) is 14.9. The van der Waals surface area contributed by atoms with Crippen LogP contribution < -0.4 is 5.46 Å². The molecule has 1 aliphatic heterocycles. The van der Waals surface area contributed by atoms with E-state index in [1.807, 2.05) is 34.6 Å². The van der Waals surface area contributed by atoms with E-state index in [0.717, 1.165) is 15.7 Å². The van der Waals surface area contributed by atoms with E-state index >= 15 is 0 Å². The second kappa shape index (κ2) is 6.88. The third-order valence-electron chi connectivity index (χ3n) is 5.92. The van der Waals surface area contributed by atoms with Crippen molar-refractivity contribution in [3.8, 4) is 0 Å². The molecule has 0 aliphatic carbocycles. The fourth-order valence-corrected chi connectivity index (χ4v) is 4.69. The van der Waals surface area contributed by atoms with Crippen molar-refractivity contribution in [2.45, 2.75) is 50.7 Å². The first-order chi connectivity index (χ1) is 14.3. The molecule has 3 heterocycles. The van der Waals surface area contributed by atoms with Crippen molar-refractivity contribution in [1.82, 2.24) is 8.96 Å². The molecule has 9 nitrogen and oxygen atoms in total. The molecule has 0 unspecified atom stereocenters. The van der Waals surface area contributed by atoms with Gasteiger partial charge in [-0.05, 0) is 46.8 Å². The van der Waals surface area contributed by atoms with Crippen LogP contribution in [0.1, 0.15) is 33.3 Å². The first kappa shape index (κ1) is 21.5. The van der Waals surface area contributed by atoms with Gasteiger partial charge in [-0.2, -0.15) is 0 Å². The zero-order valence-electron chi connectivity index (χ0n) is 17.8. The van der Waals surface area contributed by atoms with Crippen LogP contribution in [0.3, 0.4) is 0 Å². The monoisotopic (exact) mass is 443 g/mol. The SMILES string of the molecule is Cc1ccc(S(=O)(=O)n2cc(B3OC(C)(C)C(C)(C)O3)c3cc([N+](=O)[O-])cnc32)cc1. The fourth-order valence-electron chi connectivity index (χ4n) is 3.36. The van der Waals surface area contributed by atoms with E-state index in [1.165, 1.54) is 24.4 Å². The number of nitro groups is 1. The van der Waals surface area contributed by atoms with Gasteiger partial charge in [-0.15, -0.1) is 0 Å². The minimum atomic E-state index is -4.01. The summed E-state index contributed by atoms with van der Waals surface area (Å²) in [7, 11) is -4.92. The number of nitrogens with zero attached hydrogens (tertiary/aromatic N) is 3. The average Bonchev–Trinajstić information content (AvgIpc) is 3.16. The highest BCUT2D eigenvalue weighted by Crippen LogP contribution is 2.37. The molecular weight excluding hydrogens is 421 g/mol. The topological polar surface area (TPSA) is 114 Å². The van der Waals surface area contributed by atoms with Gasteiger partial charge in [0, 0.05) is 23.1 Å². The standard InChI is InChI=1S/C20H22BN3O6S/c1-13-6-8-15(9-7-13)31(27,28)23-12-17(21-29-19(2,3)20(4,5)30-21)16-10-14(24(25)26)11-22-18(16)23/h6-12H,1-5H3. The maximum atomic E-state index is 13.4. The Morgan fingerprint density at radius 3 is 2.23 bits per heavy atom. The predicted octanol–water partition coefficient (Wildman–Crippen LogP) is 2.79. The molecule has 0 atom stereocenters. The van der Waals surface area contributed by atoms with E-state index < -0.39 is 33.3 Å². The van der Waals surface area contributed by atoms with Gasteiger partial charge < -0.3 is 9.31 Å². The quantitative estimate of drug-likeness (QED) is 0.346. The van der Waals surface area contributed by atoms with Gasteiger partial charge in [-0.25, -0.2) is 17.4 Å². The first-order valence-electron chi connectivity index (χ1n) is 9.67. The van der Waals surface area contributed by atoms with Gasteiger partial charge >= 0.3 is 7.12 Å². The Morgan fingerprint density at radius 2 is 1.68 bits per heavy atom. The number of aryl methyl sites for hydroxylation is 1. The number of hydrogen-bond donors (Lipinski definition) is 0. The van der Waals surface area contributed by atoms with Crippen LogP contribution in [0, 0.1) is 17.0 Å². The molecular formula is C20H22BN3O6S. The Morgan fingerprint density at radius 1 is 1.10 bits per heavy atom. The molecule has 1 fully saturated rings. The predicted molar refractivity (Wildman–Crippen MR) is 116 cm³/mol. The van der Waals surface area contributed by atoms with Crippen molar-refractivity contribution in [3.63, 3.8) is 0 Å². The Hall–Kier alpha value is -2.76. The van der Waals surface area contributed by atoms with Gasteiger partial charge in [0.25, 0.3) is 15.7 Å². The molecule has 1 saturated heterocycles. The maximum Gasteiger partial charge on any atom is 0.497 e. The number of fused-ring (bicyclic) bond motifs is 1. The van der Waals surface area contributed by atoms with Crippen LogP contribution in [0.5, 0.6) is 0 Å². The number of aromatic nitrogens is 2. The molecule has 1 aliphatic rings. The first-order valence-corrected chi connectivity index (χ1v) is 11.1. The zero-order chi connectivity index (χ0) is 22.8. The van der Waals surface area contributed by atoms with Crippen LogP contribution in [0.25, 0.3) is 11.0 Å². The average molecular weight is 443 g/mol. The lowest BCUT2D eigenvalue weighted by atomic mass is 9.79. The van der Waals surface area contributed by atoms with E-state index in [-0.39, 0.29) is 21.6 Å². The highest BCUT2D eigenvalue weighted by molar-refractivity contribution is 7.90. The van der Waals surface area contributed by atoms with Crippen LogP contribution in [-0.2, 0) is 19.3 Å². The minimum Gasteiger partial charge on any atom is -0.399 e. The van der Waals surface area contributed by atoms with E-state index in [4.69, 9.17) is 9.31 Å². The third-order valence-corrected chi connectivity index (χ3v) is 7.59. The molecule has 4 rings (SSSR count). The number of pyridine rings is 1. The molecule has 1 aromatic carbocycles. The number of rotatable bonds is 4. The summed E-state index contributed by atoms with van der Waals surface area (Å²) in [6.07, 6.45) is 2.41. The third kappa shape index (κ3) is 3.42. The molecule has 0 bridgehead atoms. The normalized spacial score (nSPS) is 17.9. The van der Waals surface area contributed by atoms with Crippen molar-refractivity contribution in [2.24, 2.45) is 0 Å². The lowest BCUT2D eigenvalue weighted by Crippen LogP contribution is -2.41. The van der Waals surface area contributed by atoms with Crippen molar-refractivity contribution in [1.29, 1.82) is 0 Å². The second-order valence-corrected chi connectivity index (χ2v) is 10.4. The van der Waals surface area contributed by atoms with E-state index in [0.29, 0.717) is 5.46 Å². The van der Waals surface area contributed by atoms with Gasteiger partial charge in [-0.3, -0.25) is 10.1 Å². The van der Waals surface area contributed by atoms with Crippen LogP contribution in [-0.4, -0.2) is 40.6 Å². The molecule has 162 valence electrons. The van der Waals surface area contributed by atoms with E-state index in [9.17, 15) is 18.5 Å². The van der Waals surface area contributed by atoms with Crippen LogP contribution in [0.2, 0.25) is 0 Å². The molecule has 3 aromatic rings. The zero-order valence-corrected chi connectivity index (χ0v) is 18.6. The summed E-state index contributed by atoms with van der Waals surface area (Å²) < 4.78 is 39.9. The Kier molecular flexibility index (Phi) is 4.76. The second-order valence-electron chi connectivity index (χ2n) is 8.61. The summed E-state index contributed by atoms with van der Waals surface area (Å²) in [5.41, 5.74) is -0.248. The molecule has 11 heteroatoms. The summed E-state index contributed by atoms with van der Waals surface area (Å²) in [5, 5.41) is 11.6. The molecule has 2 aromatic heterocycles. The van der Waals surface area contributed by atoms with Gasteiger partial charge in [0.2, 0.25) is 0 Å². The molecule has 0 radical (unpaired) electrons. The summed E-state index contributed by atoms with van der Waals surface area (Å²) in [6.45, 7) is 9.34. The molecule has 0 N–H and O–H groups in total. The summed E-state index contributed by atoms with van der Waals surface area (Å²) in [5.74, 6) is 0. The van der Waals surface area contributed by atoms with Crippen molar-refractivity contribution < 1.29 is 22.6 Å². The Labute approximate surface area is 180 Å². The molecule has 0 amide bonds. The Balaban J connectivity index is 1.94. The lowest BCUT2D eigenvalue weighted by molar-refractivity contribution is -0.385. The van der Waals surface area contributed by atoms with Gasteiger partial charge in [-0.1, -0.05) is 17.7 Å². The van der Waals surface area contributed by atoms with E-state index in [1.54, 1.807) is 12.1 Å². The molecule has 0 spiro atoms. The Bertz CT molecular complexity index is 1280. The highest BCUT2D eigenvalue weighted by Gasteiger charge is 2.52. The maximum absolute atomic E-state index is 13.4. The van der Waals surface area contributed by atoms with Gasteiger partial charge in [0.1, 0.15) is 6.20 Å². The molecule has 0 saturated carbocycles. The number of benzene rings is 1. The van der Waals surface area contributed by atoms with Crippen molar-refractivity contribution in [2.75, 3.05) is 0 Å². The largest absolute Gasteiger partial charge is 0.497 e. The summed E-state index contributed by atoms with van der Waals surface area (Å²) in [6, 6.07) is 7.72. The lowest BCUT2D eigenvalue weighted by Gasteiger charge is -2.32. The van der Waals surface area contributed by atoms with Crippen molar-refractivity contribution in [3.05, 3.63) is 58.4 Å². The fraction of sp³-hybridized carbons (Fsp3) is 0.350. The minimum absolute atomic E-state index is 0.0656. The van der Waals surface area contributed by atoms with Crippen LogP contribution in [0.4, 0.5) is 5.69 Å². The van der Waals surface area contributed by atoms with Crippen LogP contribution >= 0.6 is 0 Å².